The highest BCUT2D eigenvalue weighted by Crippen LogP contribution is 2.56. The zero-order chi connectivity index (χ0) is 22.9. The molecule has 1 aliphatic heterocycles. The van der Waals surface area contributed by atoms with Crippen LogP contribution in [0.2, 0.25) is 0 Å². The molecular weight excluding hydrogens is 438 g/mol. The van der Waals surface area contributed by atoms with Gasteiger partial charge in [0, 0.05) is 19.1 Å². The van der Waals surface area contributed by atoms with Crippen molar-refractivity contribution in [2.24, 2.45) is 35.5 Å². The normalized spacial score (nSPS) is 40.1. The van der Waals surface area contributed by atoms with E-state index in [0.29, 0.717) is 23.3 Å². The molecule has 3 N–H and O–H groups in total. The molecule has 1 saturated heterocycles. The van der Waals surface area contributed by atoms with Gasteiger partial charge in [0.05, 0.1) is 17.1 Å². The van der Waals surface area contributed by atoms with E-state index in [1.54, 1.807) is 11.8 Å². The van der Waals surface area contributed by atoms with Crippen molar-refractivity contribution in [2.75, 3.05) is 23.7 Å². The smallest absolute Gasteiger partial charge is 0.307 e. The van der Waals surface area contributed by atoms with Gasteiger partial charge in [-0.05, 0) is 86.0 Å². The summed E-state index contributed by atoms with van der Waals surface area (Å²) >= 11 is 1.62. The monoisotopic (exact) mass is 471 g/mol. The number of carbonyl (C=O) groups excluding carboxylic acids is 1. The standard InChI is InChI=1S/C25H33N3O4S/c1-2-5-33-23-16(3-4-19(26-23)28-11-17-18(12-28)20(17)24(30)31)22(29)27-21-14-6-13-7-15(21)10-25(32,8-13)9-14/h3-4,13-15,17-18,20-21,32H,2,5-12H2,1H3,(H,27,29)(H,30,31)/t13?,14?,15?,17-,18+,20?,21?,25?. The quantitative estimate of drug-likeness (QED) is 0.525. The number of amides is 1. The van der Waals surface area contributed by atoms with Gasteiger partial charge in [-0.25, -0.2) is 4.98 Å². The molecule has 4 bridgehead atoms. The second kappa shape index (κ2) is 7.87. The number of carbonyl (C=O) groups is 2. The molecule has 6 fully saturated rings. The first-order chi connectivity index (χ1) is 15.8. The lowest BCUT2D eigenvalue weighted by molar-refractivity contribution is -0.139. The van der Waals surface area contributed by atoms with Crippen molar-refractivity contribution in [3.8, 4) is 0 Å². The first kappa shape index (κ1) is 21.7. The number of aliphatic hydroxyl groups is 1. The largest absolute Gasteiger partial charge is 0.481 e. The lowest BCUT2D eigenvalue weighted by Gasteiger charge is -2.58. The zero-order valence-corrected chi connectivity index (χ0v) is 19.9. The van der Waals surface area contributed by atoms with Gasteiger partial charge in [-0.15, -0.1) is 11.8 Å². The van der Waals surface area contributed by atoms with Crippen LogP contribution in [0.1, 0.15) is 55.8 Å². The minimum Gasteiger partial charge on any atom is -0.481 e. The number of fused-ring (bicyclic) bond motifs is 1. The molecule has 0 aromatic carbocycles. The molecule has 2 heterocycles. The zero-order valence-electron chi connectivity index (χ0n) is 19.1. The summed E-state index contributed by atoms with van der Waals surface area (Å²) in [5.74, 6) is 2.64. The number of hydrogen-bond acceptors (Lipinski definition) is 6. The number of carboxylic acids is 1. The molecule has 6 aliphatic rings. The van der Waals surface area contributed by atoms with Crippen LogP contribution < -0.4 is 10.2 Å². The average Bonchev–Trinajstić information content (AvgIpc) is 3.28. The predicted octanol–water partition coefficient (Wildman–Crippen LogP) is 3.02. The molecular formula is C25H33N3O4S. The molecule has 7 nitrogen and oxygen atoms in total. The maximum atomic E-state index is 13.4. The van der Waals surface area contributed by atoms with Gasteiger partial charge in [-0.2, -0.15) is 0 Å². The Kier molecular flexibility index (Phi) is 5.18. The summed E-state index contributed by atoms with van der Waals surface area (Å²) in [5, 5.41) is 24.3. The van der Waals surface area contributed by atoms with Crippen LogP contribution in [0.5, 0.6) is 0 Å². The molecule has 1 amide bonds. The predicted molar refractivity (Wildman–Crippen MR) is 125 cm³/mol. The Labute approximate surface area is 198 Å². The summed E-state index contributed by atoms with van der Waals surface area (Å²) in [7, 11) is 0. The molecule has 1 aromatic rings. The number of thioether (sulfide) groups is 1. The number of carboxylic acid groups (broad SMARTS) is 1. The first-order valence-electron chi connectivity index (χ1n) is 12.5. The minimum atomic E-state index is -0.680. The third-order valence-electron chi connectivity index (χ3n) is 8.87. The summed E-state index contributed by atoms with van der Waals surface area (Å²) in [4.78, 5) is 31.7. The van der Waals surface area contributed by atoms with Crippen molar-refractivity contribution in [3.63, 3.8) is 0 Å². The number of anilines is 1. The van der Waals surface area contributed by atoms with Crippen LogP contribution in [0, 0.1) is 35.5 Å². The van der Waals surface area contributed by atoms with Crippen molar-refractivity contribution in [3.05, 3.63) is 17.7 Å². The van der Waals surface area contributed by atoms with Crippen LogP contribution in [0.3, 0.4) is 0 Å². The van der Waals surface area contributed by atoms with E-state index in [0.717, 1.165) is 68.2 Å². The number of aliphatic carboxylic acids is 1. The number of hydrogen-bond donors (Lipinski definition) is 3. The second-order valence-corrected chi connectivity index (χ2v) is 12.2. The molecule has 0 radical (unpaired) electrons. The molecule has 5 saturated carbocycles. The molecule has 8 heteroatoms. The SMILES string of the molecule is CCCSc1nc(N2C[C@@H]3C(C(=O)O)[C@@H]3C2)ccc1C(=O)NC1C2CC3CC1CC(O)(C3)C2. The number of rotatable bonds is 7. The van der Waals surface area contributed by atoms with E-state index in [4.69, 9.17) is 4.98 Å². The maximum Gasteiger partial charge on any atom is 0.307 e. The van der Waals surface area contributed by atoms with Gasteiger partial charge >= 0.3 is 5.97 Å². The van der Waals surface area contributed by atoms with Crippen LogP contribution in [0.25, 0.3) is 0 Å². The fraction of sp³-hybridized carbons (Fsp3) is 0.720. The molecule has 7 rings (SSSR count). The highest BCUT2D eigenvalue weighted by Gasteiger charge is 2.60. The Hall–Kier alpha value is -1.80. The van der Waals surface area contributed by atoms with Gasteiger partial charge in [0.15, 0.2) is 0 Å². The van der Waals surface area contributed by atoms with E-state index in [1.807, 2.05) is 12.1 Å². The highest BCUT2D eigenvalue weighted by molar-refractivity contribution is 7.99. The Morgan fingerprint density at radius 1 is 1.18 bits per heavy atom. The fourth-order valence-electron chi connectivity index (χ4n) is 7.61. The van der Waals surface area contributed by atoms with Crippen molar-refractivity contribution in [2.45, 2.75) is 62.1 Å². The van der Waals surface area contributed by atoms with Crippen LogP contribution in [0.4, 0.5) is 5.82 Å². The molecule has 5 aliphatic carbocycles. The Bertz CT molecular complexity index is 958. The molecule has 5 atom stereocenters. The van der Waals surface area contributed by atoms with Gasteiger partial charge in [-0.3, -0.25) is 9.59 Å². The van der Waals surface area contributed by atoms with Crippen molar-refractivity contribution < 1.29 is 19.8 Å². The van der Waals surface area contributed by atoms with Gasteiger partial charge < -0.3 is 20.4 Å². The number of aromatic nitrogens is 1. The summed E-state index contributed by atoms with van der Waals surface area (Å²) in [6, 6.07) is 3.97. The lowest BCUT2D eigenvalue weighted by atomic mass is 9.52. The molecule has 178 valence electrons. The van der Waals surface area contributed by atoms with Crippen LogP contribution >= 0.6 is 11.8 Å². The van der Waals surface area contributed by atoms with Crippen molar-refractivity contribution in [1.82, 2.24) is 10.3 Å². The topological polar surface area (TPSA) is 103 Å². The van der Waals surface area contributed by atoms with Gasteiger partial charge in [0.25, 0.3) is 5.91 Å². The summed E-state index contributed by atoms with van der Waals surface area (Å²) in [5.41, 5.74) is 0.136. The first-order valence-corrected chi connectivity index (χ1v) is 13.5. The molecule has 0 spiro atoms. The van der Waals surface area contributed by atoms with Crippen molar-refractivity contribution in [1.29, 1.82) is 0 Å². The van der Waals surface area contributed by atoms with Crippen LogP contribution in [-0.2, 0) is 4.79 Å². The van der Waals surface area contributed by atoms with E-state index in [2.05, 4.69) is 17.1 Å². The Morgan fingerprint density at radius 2 is 1.88 bits per heavy atom. The maximum absolute atomic E-state index is 13.4. The Balaban J connectivity index is 1.18. The third-order valence-corrected chi connectivity index (χ3v) is 10.1. The van der Waals surface area contributed by atoms with Crippen LogP contribution in [-0.4, -0.2) is 57.6 Å². The van der Waals surface area contributed by atoms with E-state index < -0.39 is 11.6 Å². The van der Waals surface area contributed by atoms with Crippen molar-refractivity contribution >= 4 is 29.5 Å². The molecule has 3 unspecified atom stereocenters. The van der Waals surface area contributed by atoms with E-state index in [1.165, 1.54) is 0 Å². The summed E-state index contributed by atoms with van der Waals surface area (Å²) < 4.78 is 0. The number of piperidine rings is 1. The summed E-state index contributed by atoms with van der Waals surface area (Å²) in [6.45, 7) is 3.58. The Morgan fingerprint density at radius 3 is 2.48 bits per heavy atom. The van der Waals surface area contributed by atoms with E-state index >= 15 is 0 Å². The third kappa shape index (κ3) is 3.73. The van der Waals surface area contributed by atoms with Gasteiger partial charge in [-0.1, -0.05) is 6.92 Å². The van der Waals surface area contributed by atoms with Crippen LogP contribution in [0.15, 0.2) is 17.2 Å². The van der Waals surface area contributed by atoms with E-state index in [-0.39, 0.29) is 29.7 Å². The number of nitrogens with one attached hydrogen (secondary N) is 1. The number of pyridine rings is 1. The second-order valence-electron chi connectivity index (χ2n) is 11.2. The fourth-order valence-corrected chi connectivity index (χ4v) is 8.49. The lowest BCUT2D eigenvalue weighted by Crippen LogP contribution is -2.61. The van der Waals surface area contributed by atoms with Gasteiger partial charge in [0.1, 0.15) is 10.8 Å². The van der Waals surface area contributed by atoms with E-state index in [9.17, 15) is 19.8 Å². The highest BCUT2D eigenvalue weighted by atomic mass is 32.2. The molecule has 1 aromatic heterocycles. The molecule has 33 heavy (non-hydrogen) atoms. The van der Waals surface area contributed by atoms with Gasteiger partial charge in [0.2, 0.25) is 0 Å². The number of nitrogens with zero attached hydrogens (tertiary/aromatic N) is 2. The average molecular weight is 472 g/mol. The minimum absolute atomic E-state index is 0.0488. The summed E-state index contributed by atoms with van der Waals surface area (Å²) in [6.07, 6.45) is 5.80.